The molecule has 0 fully saturated rings. The number of benzene rings is 1. The summed E-state index contributed by atoms with van der Waals surface area (Å²) < 4.78 is 5.23. The summed E-state index contributed by atoms with van der Waals surface area (Å²) in [4.78, 5) is 18.9. The largest absolute Gasteiger partial charge is 0.351 e. The Hall–Kier alpha value is -2.47. The minimum absolute atomic E-state index is 0.000259. The fraction of sp³-hybridized carbons (Fsp3) is 0.381. The summed E-state index contributed by atoms with van der Waals surface area (Å²) in [7, 11) is 0. The van der Waals surface area contributed by atoms with E-state index in [0.29, 0.717) is 18.9 Å². The van der Waals surface area contributed by atoms with Crippen LogP contribution in [-0.4, -0.2) is 22.6 Å². The van der Waals surface area contributed by atoms with Crippen LogP contribution in [0.25, 0.3) is 10.4 Å². The van der Waals surface area contributed by atoms with Crippen molar-refractivity contribution in [1.82, 2.24) is 15.5 Å². The van der Waals surface area contributed by atoms with E-state index < -0.39 is 0 Å². The molecule has 0 saturated carbocycles. The molecule has 4 rings (SSSR count). The highest BCUT2D eigenvalue weighted by atomic mass is 32.1. The number of carbonyl (C=O) groups is 1. The first-order valence-electron chi connectivity index (χ1n) is 9.43. The number of carbonyl (C=O) groups excluding carboxylic acids is 1. The number of thiophene rings is 1. The summed E-state index contributed by atoms with van der Waals surface area (Å²) in [5, 5.41) is 6.97. The second kappa shape index (κ2) is 7.64. The number of amides is 1. The van der Waals surface area contributed by atoms with E-state index in [4.69, 9.17) is 4.52 Å². The van der Waals surface area contributed by atoms with Gasteiger partial charge in [-0.15, -0.1) is 11.3 Å². The first-order valence-corrected chi connectivity index (χ1v) is 10.2. The quantitative estimate of drug-likeness (QED) is 0.643. The molecule has 0 bridgehead atoms. The summed E-state index contributed by atoms with van der Waals surface area (Å²) in [5.74, 6) is 1.63. The van der Waals surface area contributed by atoms with Crippen molar-refractivity contribution in [3.8, 4) is 10.4 Å². The lowest BCUT2D eigenvalue weighted by molar-refractivity contribution is 0.0957. The highest BCUT2D eigenvalue weighted by Gasteiger charge is 2.21. The molecule has 1 N–H and O–H groups in total. The van der Waals surface area contributed by atoms with Gasteiger partial charge in [0.25, 0.3) is 5.91 Å². The van der Waals surface area contributed by atoms with Gasteiger partial charge >= 0.3 is 0 Å². The third kappa shape index (κ3) is 3.81. The maximum atomic E-state index is 12.5. The van der Waals surface area contributed by atoms with Crippen molar-refractivity contribution in [3.05, 3.63) is 58.1 Å². The predicted molar refractivity (Wildman–Crippen MR) is 106 cm³/mol. The normalized spacial score (nSPS) is 12.7. The molecule has 0 spiro atoms. The van der Waals surface area contributed by atoms with E-state index in [-0.39, 0.29) is 11.8 Å². The molecule has 140 valence electrons. The van der Waals surface area contributed by atoms with Crippen molar-refractivity contribution in [1.29, 1.82) is 0 Å². The molecule has 1 aliphatic rings. The lowest BCUT2D eigenvalue weighted by Gasteiger charge is -2.15. The fourth-order valence-corrected chi connectivity index (χ4v) is 4.50. The predicted octanol–water partition coefficient (Wildman–Crippen LogP) is 4.38. The maximum Gasteiger partial charge on any atom is 0.261 e. The minimum Gasteiger partial charge on any atom is -0.351 e. The fourth-order valence-electron chi connectivity index (χ4n) is 3.32. The van der Waals surface area contributed by atoms with Crippen molar-refractivity contribution < 1.29 is 9.32 Å². The van der Waals surface area contributed by atoms with Crippen molar-refractivity contribution in [2.24, 2.45) is 0 Å². The van der Waals surface area contributed by atoms with Crippen LogP contribution in [-0.2, 0) is 19.3 Å². The zero-order valence-electron chi connectivity index (χ0n) is 15.6. The molecule has 27 heavy (non-hydrogen) atoms. The van der Waals surface area contributed by atoms with Gasteiger partial charge in [-0.1, -0.05) is 43.3 Å². The molecule has 0 aliphatic heterocycles. The Balaban J connectivity index is 1.34. The molecule has 0 atom stereocenters. The highest BCUT2D eigenvalue weighted by molar-refractivity contribution is 7.17. The summed E-state index contributed by atoms with van der Waals surface area (Å²) in [6.07, 6.45) is 3.50. The molecule has 2 heterocycles. The maximum absolute atomic E-state index is 12.5. The van der Waals surface area contributed by atoms with Crippen LogP contribution in [0.4, 0.5) is 0 Å². The first kappa shape index (κ1) is 17.9. The molecule has 1 aromatic carbocycles. The third-order valence-electron chi connectivity index (χ3n) is 4.81. The number of aromatic nitrogens is 2. The molecule has 0 radical (unpaired) electrons. The second-order valence-corrected chi connectivity index (χ2v) is 8.23. The van der Waals surface area contributed by atoms with Gasteiger partial charge in [0.05, 0.1) is 4.88 Å². The van der Waals surface area contributed by atoms with Crippen LogP contribution in [0, 0.1) is 0 Å². The molecule has 3 aromatic rings. The Kier molecular flexibility index (Phi) is 5.07. The van der Waals surface area contributed by atoms with E-state index in [1.54, 1.807) is 11.3 Å². The van der Waals surface area contributed by atoms with E-state index in [1.807, 2.05) is 13.8 Å². The Morgan fingerprint density at radius 3 is 2.89 bits per heavy atom. The SMILES string of the molecule is CC(C)c1noc(CCCNC(=O)c2cc3c(s2)-c2ccccc2CC3)n1. The Morgan fingerprint density at radius 1 is 1.26 bits per heavy atom. The number of nitrogens with one attached hydrogen (secondary N) is 1. The molecule has 0 unspecified atom stereocenters. The van der Waals surface area contributed by atoms with E-state index in [0.717, 1.165) is 30.0 Å². The Morgan fingerprint density at radius 2 is 2.07 bits per heavy atom. The van der Waals surface area contributed by atoms with Gasteiger partial charge in [-0.2, -0.15) is 4.98 Å². The molecular formula is C21H23N3O2S. The zero-order valence-corrected chi connectivity index (χ0v) is 16.4. The van der Waals surface area contributed by atoms with E-state index in [1.165, 1.54) is 21.6 Å². The summed E-state index contributed by atoms with van der Waals surface area (Å²) in [5.41, 5.74) is 3.94. The van der Waals surface area contributed by atoms with Gasteiger partial charge in [-0.3, -0.25) is 4.79 Å². The van der Waals surface area contributed by atoms with Crippen molar-refractivity contribution in [2.75, 3.05) is 6.54 Å². The van der Waals surface area contributed by atoms with Gasteiger partial charge in [-0.25, -0.2) is 0 Å². The van der Waals surface area contributed by atoms with E-state index in [9.17, 15) is 4.79 Å². The number of nitrogens with zero attached hydrogens (tertiary/aromatic N) is 2. The van der Waals surface area contributed by atoms with Crippen LogP contribution in [0.3, 0.4) is 0 Å². The lowest BCUT2D eigenvalue weighted by atomic mass is 9.91. The molecule has 5 nitrogen and oxygen atoms in total. The first-order chi connectivity index (χ1) is 13.1. The van der Waals surface area contributed by atoms with Crippen molar-refractivity contribution in [2.45, 2.75) is 45.4 Å². The molecular weight excluding hydrogens is 358 g/mol. The number of hydrogen-bond acceptors (Lipinski definition) is 5. The highest BCUT2D eigenvalue weighted by Crippen LogP contribution is 2.39. The number of rotatable bonds is 6. The van der Waals surface area contributed by atoms with Crippen LogP contribution in [0.2, 0.25) is 0 Å². The van der Waals surface area contributed by atoms with Crippen molar-refractivity contribution >= 4 is 17.2 Å². The van der Waals surface area contributed by atoms with Crippen molar-refractivity contribution in [3.63, 3.8) is 0 Å². The van der Waals surface area contributed by atoms with Gasteiger partial charge in [0.15, 0.2) is 5.82 Å². The third-order valence-corrected chi connectivity index (χ3v) is 6.02. The summed E-state index contributed by atoms with van der Waals surface area (Å²) in [6.45, 7) is 4.67. The smallest absolute Gasteiger partial charge is 0.261 e. The average Bonchev–Trinajstić information content (AvgIpc) is 3.32. The number of fused-ring (bicyclic) bond motifs is 3. The lowest BCUT2D eigenvalue weighted by Crippen LogP contribution is -2.23. The van der Waals surface area contributed by atoms with Gasteiger partial charge in [0, 0.05) is 23.8 Å². The van der Waals surface area contributed by atoms with Crippen LogP contribution in [0.5, 0.6) is 0 Å². The minimum atomic E-state index is 0.000259. The molecule has 6 heteroatoms. The van der Waals surface area contributed by atoms with E-state index >= 15 is 0 Å². The molecule has 0 saturated heterocycles. The monoisotopic (exact) mass is 381 g/mol. The molecule has 2 aromatic heterocycles. The average molecular weight is 382 g/mol. The summed E-state index contributed by atoms with van der Waals surface area (Å²) in [6, 6.07) is 10.5. The van der Waals surface area contributed by atoms with E-state index in [2.05, 4.69) is 45.8 Å². The Bertz CT molecular complexity index is 958. The molecule has 1 aliphatic carbocycles. The standard InChI is InChI=1S/C21H23N3O2S/c1-13(2)20-23-18(26-24-20)8-5-11-22-21(25)17-12-15-10-9-14-6-3-4-7-16(14)19(15)27-17/h3-4,6-7,12-13H,5,8-11H2,1-2H3,(H,22,25). The van der Waals surface area contributed by atoms with Gasteiger partial charge in [-0.05, 0) is 42.0 Å². The Labute approximate surface area is 162 Å². The van der Waals surface area contributed by atoms with Gasteiger partial charge in [0.1, 0.15) is 0 Å². The number of aryl methyl sites for hydroxylation is 3. The van der Waals surface area contributed by atoms with Gasteiger partial charge in [0.2, 0.25) is 5.89 Å². The topological polar surface area (TPSA) is 68.0 Å². The zero-order chi connectivity index (χ0) is 18.8. The summed E-state index contributed by atoms with van der Waals surface area (Å²) >= 11 is 1.59. The number of hydrogen-bond donors (Lipinski definition) is 1. The molecule has 1 amide bonds. The van der Waals surface area contributed by atoms with Crippen LogP contribution in [0.15, 0.2) is 34.9 Å². The second-order valence-electron chi connectivity index (χ2n) is 7.18. The van der Waals surface area contributed by atoms with Crippen LogP contribution in [0.1, 0.15) is 58.7 Å². The van der Waals surface area contributed by atoms with Crippen LogP contribution < -0.4 is 5.32 Å². The van der Waals surface area contributed by atoms with Crippen LogP contribution >= 0.6 is 11.3 Å². The van der Waals surface area contributed by atoms with Gasteiger partial charge < -0.3 is 9.84 Å².